The summed E-state index contributed by atoms with van der Waals surface area (Å²) in [5.41, 5.74) is 7.06. The zero-order valence-electron chi connectivity index (χ0n) is 8.69. The molecule has 0 bridgehead atoms. The first-order valence-electron chi connectivity index (χ1n) is 5.11. The SMILES string of the molecule is NCC(C(=O)O)N1CCc2ccc(F)cc21. The Morgan fingerprint density at radius 3 is 3.00 bits per heavy atom. The van der Waals surface area contributed by atoms with E-state index in [2.05, 4.69) is 0 Å². The highest BCUT2D eigenvalue weighted by Gasteiger charge is 2.29. The molecule has 0 aliphatic carbocycles. The highest BCUT2D eigenvalue weighted by atomic mass is 19.1. The summed E-state index contributed by atoms with van der Waals surface area (Å²) in [4.78, 5) is 12.7. The number of anilines is 1. The minimum atomic E-state index is -0.973. The number of fused-ring (bicyclic) bond motifs is 1. The van der Waals surface area contributed by atoms with Gasteiger partial charge in [0.2, 0.25) is 0 Å². The van der Waals surface area contributed by atoms with E-state index >= 15 is 0 Å². The van der Waals surface area contributed by atoms with Crippen LogP contribution in [0.25, 0.3) is 0 Å². The second kappa shape index (κ2) is 4.09. The summed E-state index contributed by atoms with van der Waals surface area (Å²) >= 11 is 0. The van der Waals surface area contributed by atoms with Crippen molar-refractivity contribution < 1.29 is 14.3 Å². The maximum Gasteiger partial charge on any atom is 0.327 e. The molecule has 0 aromatic heterocycles. The molecule has 1 unspecified atom stereocenters. The summed E-state index contributed by atoms with van der Waals surface area (Å²) in [7, 11) is 0. The van der Waals surface area contributed by atoms with E-state index in [1.165, 1.54) is 12.1 Å². The summed E-state index contributed by atoms with van der Waals surface area (Å²) in [6, 6.07) is 3.68. The lowest BCUT2D eigenvalue weighted by molar-refractivity contribution is -0.138. The molecular formula is C11H13FN2O2. The van der Waals surface area contributed by atoms with Gasteiger partial charge in [0.15, 0.2) is 0 Å². The topological polar surface area (TPSA) is 66.6 Å². The first-order chi connectivity index (χ1) is 7.63. The number of carboxylic acid groups (broad SMARTS) is 1. The van der Waals surface area contributed by atoms with Crippen LogP contribution in [-0.4, -0.2) is 30.2 Å². The molecule has 1 atom stereocenters. The van der Waals surface area contributed by atoms with E-state index in [-0.39, 0.29) is 12.4 Å². The molecule has 0 saturated carbocycles. The minimum absolute atomic E-state index is 0.0191. The Bertz CT molecular complexity index is 422. The van der Waals surface area contributed by atoms with Crippen LogP contribution in [0.3, 0.4) is 0 Å². The van der Waals surface area contributed by atoms with Crippen molar-refractivity contribution in [3.05, 3.63) is 29.6 Å². The molecule has 2 rings (SSSR count). The second-order valence-electron chi connectivity index (χ2n) is 3.81. The molecule has 0 fully saturated rings. The molecule has 0 spiro atoms. The van der Waals surface area contributed by atoms with Crippen LogP contribution in [0.1, 0.15) is 5.56 Å². The third-order valence-electron chi connectivity index (χ3n) is 2.86. The van der Waals surface area contributed by atoms with Gasteiger partial charge in [0.25, 0.3) is 0 Å². The first kappa shape index (κ1) is 10.9. The Balaban J connectivity index is 2.35. The minimum Gasteiger partial charge on any atom is -0.480 e. The number of carbonyl (C=O) groups is 1. The van der Waals surface area contributed by atoms with Gasteiger partial charge in [-0.25, -0.2) is 9.18 Å². The lowest BCUT2D eigenvalue weighted by atomic mass is 10.1. The number of hydrogen-bond acceptors (Lipinski definition) is 3. The van der Waals surface area contributed by atoms with Crippen LogP contribution in [0, 0.1) is 5.82 Å². The fourth-order valence-electron chi connectivity index (χ4n) is 2.06. The predicted octanol–water partition coefficient (Wildman–Crippen LogP) is 0.600. The van der Waals surface area contributed by atoms with Crippen molar-refractivity contribution in [3.63, 3.8) is 0 Å². The van der Waals surface area contributed by atoms with Gasteiger partial charge in [0.05, 0.1) is 0 Å². The molecule has 0 saturated heterocycles. The molecule has 1 aromatic carbocycles. The molecule has 1 aromatic rings. The monoisotopic (exact) mass is 224 g/mol. The van der Waals surface area contributed by atoms with Crippen molar-refractivity contribution in [1.82, 2.24) is 0 Å². The number of rotatable bonds is 3. The van der Waals surface area contributed by atoms with Crippen LogP contribution in [0.2, 0.25) is 0 Å². The number of benzene rings is 1. The lowest BCUT2D eigenvalue weighted by Crippen LogP contribution is -2.45. The number of nitrogens with zero attached hydrogens (tertiary/aromatic N) is 1. The standard InChI is InChI=1S/C11H13FN2O2/c12-8-2-1-7-3-4-14(9(7)5-8)10(6-13)11(15)16/h1-2,5,10H,3-4,6,13H2,(H,15,16). The van der Waals surface area contributed by atoms with Crippen LogP contribution < -0.4 is 10.6 Å². The Kier molecular flexibility index (Phi) is 2.78. The lowest BCUT2D eigenvalue weighted by Gasteiger charge is -2.25. The van der Waals surface area contributed by atoms with Gasteiger partial charge in [-0.1, -0.05) is 6.07 Å². The molecule has 16 heavy (non-hydrogen) atoms. The van der Waals surface area contributed by atoms with E-state index in [0.717, 1.165) is 12.0 Å². The molecule has 1 aliphatic rings. The third-order valence-corrected chi connectivity index (χ3v) is 2.86. The summed E-state index contributed by atoms with van der Waals surface area (Å²) in [5.74, 6) is -1.33. The smallest absolute Gasteiger partial charge is 0.327 e. The Morgan fingerprint density at radius 1 is 1.62 bits per heavy atom. The van der Waals surface area contributed by atoms with E-state index in [1.54, 1.807) is 11.0 Å². The molecule has 0 radical (unpaired) electrons. The van der Waals surface area contributed by atoms with Gasteiger partial charge >= 0.3 is 5.97 Å². The third kappa shape index (κ3) is 1.74. The average molecular weight is 224 g/mol. The summed E-state index contributed by atoms with van der Waals surface area (Å²) in [6.07, 6.45) is 0.736. The number of carboxylic acids is 1. The van der Waals surface area contributed by atoms with E-state index in [4.69, 9.17) is 10.8 Å². The van der Waals surface area contributed by atoms with Crippen LogP contribution in [0.5, 0.6) is 0 Å². The molecule has 86 valence electrons. The van der Waals surface area contributed by atoms with Gasteiger partial charge in [0, 0.05) is 18.8 Å². The average Bonchev–Trinajstić information content (AvgIpc) is 2.62. The van der Waals surface area contributed by atoms with E-state index in [9.17, 15) is 9.18 Å². The van der Waals surface area contributed by atoms with Crippen LogP contribution in [0.4, 0.5) is 10.1 Å². The van der Waals surface area contributed by atoms with Crippen molar-refractivity contribution in [3.8, 4) is 0 Å². The zero-order valence-corrected chi connectivity index (χ0v) is 8.69. The Hall–Kier alpha value is -1.62. The molecule has 1 heterocycles. The normalized spacial score (nSPS) is 16.0. The highest BCUT2D eigenvalue weighted by Crippen LogP contribution is 2.30. The Labute approximate surface area is 92.5 Å². The van der Waals surface area contributed by atoms with Crippen LogP contribution in [0.15, 0.2) is 18.2 Å². The zero-order chi connectivity index (χ0) is 11.7. The summed E-state index contributed by atoms with van der Waals surface area (Å²) in [6.45, 7) is 0.595. The van der Waals surface area contributed by atoms with Crippen molar-refractivity contribution in [1.29, 1.82) is 0 Å². The van der Waals surface area contributed by atoms with Crippen molar-refractivity contribution >= 4 is 11.7 Å². The second-order valence-corrected chi connectivity index (χ2v) is 3.81. The molecule has 5 heteroatoms. The van der Waals surface area contributed by atoms with Gasteiger partial charge < -0.3 is 15.7 Å². The maximum absolute atomic E-state index is 13.1. The quantitative estimate of drug-likeness (QED) is 0.789. The molecule has 0 amide bonds. The summed E-state index contributed by atoms with van der Waals surface area (Å²) < 4.78 is 13.1. The van der Waals surface area contributed by atoms with Gasteiger partial charge in [-0.15, -0.1) is 0 Å². The number of aliphatic carboxylic acids is 1. The molecule has 3 N–H and O–H groups in total. The van der Waals surface area contributed by atoms with Crippen molar-refractivity contribution in [2.75, 3.05) is 18.0 Å². The van der Waals surface area contributed by atoms with Crippen molar-refractivity contribution in [2.24, 2.45) is 5.73 Å². The Morgan fingerprint density at radius 2 is 2.38 bits per heavy atom. The predicted molar refractivity (Wildman–Crippen MR) is 57.9 cm³/mol. The number of hydrogen-bond donors (Lipinski definition) is 2. The van der Waals surface area contributed by atoms with Crippen molar-refractivity contribution in [2.45, 2.75) is 12.5 Å². The fourth-order valence-corrected chi connectivity index (χ4v) is 2.06. The van der Waals surface area contributed by atoms with E-state index in [0.29, 0.717) is 12.2 Å². The summed E-state index contributed by atoms with van der Waals surface area (Å²) in [5, 5.41) is 9.01. The van der Waals surface area contributed by atoms with Gasteiger partial charge in [-0.2, -0.15) is 0 Å². The molecular weight excluding hydrogens is 211 g/mol. The van der Waals surface area contributed by atoms with Gasteiger partial charge in [0.1, 0.15) is 11.9 Å². The van der Waals surface area contributed by atoms with Crippen LogP contribution in [-0.2, 0) is 11.2 Å². The van der Waals surface area contributed by atoms with Gasteiger partial charge in [-0.05, 0) is 24.1 Å². The van der Waals surface area contributed by atoms with E-state index < -0.39 is 12.0 Å². The highest BCUT2D eigenvalue weighted by molar-refractivity contribution is 5.80. The maximum atomic E-state index is 13.1. The molecule has 1 aliphatic heterocycles. The van der Waals surface area contributed by atoms with E-state index in [1.807, 2.05) is 0 Å². The number of halogens is 1. The molecule has 4 nitrogen and oxygen atoms in total. The van der Waals surface area contributed by atoms with Gasteiger partial charge in [-0.3, -0.25) is 0 Å². The fraction of sp³-hybridized carbons (Fsp3) is 0.364. The number of nitrogens with two attached hydrogens (primary N) is 1. The van der Waals surface area contributed by atoms with Crippen LogP contribution >= 0.6 is 0 Å². The first-order valence-corrected chi connectivity index (χ1v) is 5.11. The largest absolute Gasteiger partial charge is 0.480 e.